The van der Waals surface area contributed by atoms with Crippen LogP contribution in [0.3, 0.4) is 0 Å². The highest BCUT2D eigenvalue weighted by Crippen LogP contribution is 2.34. The van der Waals surface area contributed by atoms with E-state index in [0.717, 1.165) is 18.9 Å². The molecule has 2 aromatic rings. The number of hydrogen-bond acceptors (Lipinski definition) is 4. The molecule has 2 fully saturated rings. The lowest BCUT2D eigenvalue weighted by Crippen LogP contribution is -2.33. The van der Waals surface area contributed by atoms with Crippen molar-refractivity contribution in [3.63, 3.8) is 0 Å². The molecule has 140 valence electrons. The molecule has 1 aliphatic heterocycles. The van der Waals surface area contributed by atoms with Gasteiger partial charge in [-0.1, -0.05) is 61.9 Å². The van der Waals surface area contributed by atoms with Crippen molar-refractivity contribution in [2.24, 2.45) is 0 Å². The van der Waals surface area contributed by atoms with Gasteiger partial charge in [0.2, 0.25) is 0 Å². The van der Waals surface area contributed by atoms with Crippen LogP contribution < -0.4 is 0 Å². The van der Waals surface area contributed by atoms with E-state index in [1.807, 2.05) is 0 Å². The van der Waals surface area contributed by atoms with Gasteiger partial charge in [0.25, 0.3) is 0 Å². The van der Waals surface area contributed by atoms with Crippen LogP contribution >= 0.6 is 0 Å². The van der Waals surface area contributed by atoms with Gasteiger partial charge >= 0.3 is 0 Å². The van der Waals surface area contributed by atoms with Gasteiger partial charge in [-0.05, 0) is 61.7 Å². The average molecular weight is 354 g/mol. The number of benzene rings is 1. The SMILES string of the molecule is Cc1ccc([C@H](c2nnnn2C2CCCCC2)N2CCCCCC2)cc1. The lowest BCUT2D eigenvalue weighted by molar-refractivity contribution is 0.211. The molecular weight excluding hydrogens is 322 g/mol. The molecule has 0 N–H and O–H groups in total. The fourth-order valence-electron chi connectivity index (χ4n) is 4.59. The molecule has 26 heavy (non-hydrogen) atoms. The summed E-state index contributed by atoms with van der Waals surface area (Å²) in [5, 5.41) is 13.1. The summed E-state index contributed by atoms with van der Waals surface area (Å²) in [6.45, 7) is 4.42. The molecule has 1 saturated heterocycles. The molecule has 4 rings (SSSR count). The molecule has 0 unspecified atom stereocenters. The van der Waals surface area contributed by atoms with Crippen LogP contribution in [0.15, 0.2) is 24.3 Å². The predicted octanol–water partition coefficient (Wildman–Crippen LogP) is 4.45. The second kappa shape index (κ2) is 8.30. The summed E-state index contributed by atoms with van der Waals surface area (Å²) in [4.78, 5) is 2.61. The van der Waals surface area contributed by atoms with Crippen LogP contribution in [-0.4, -0.2) is 38.2 Å². The summed E-state index contributed by atoms with van der Waals surface area (Å²) in [5.74, 6) is 1.04. The molecule has 1 aromatic carbocycles. The summed E-state index contributed by atoms with van der Waals surface area (Å²) in [7, 11) is 0. The van der Waals surface area contributed by atoms with Gasteiger partial charge in [-0.2, -0.15) is 0 Å². The van der Waals surface area contributed by atoms with Crippen molar-refractivity contribution in [1.29, 1.82) is 0 Å². The molecule has 0 bridgehead atoms. The molecule has 2 aliphatic rings. The van der Waals surface area contributed by atoms with Gasteiger partial charge in [0, 0.05) is 0 Å². The van der Waals surface area contributed by atoms with Gasteiger partial charge in [-0.15, -0.1) is 5.10 Å². The Morgan fingerprint density at radius 3 is 2.23 bits per heavy atom. The van der Waals surface area contributed by atoms with Crippen molar-refractivity contribution < 1.29 is 0 Å². The number of aromatic nitrogens is 4. The van der Waals surface area contributed by atoms with E-state index >= 15 is 0 Å². The van der Waals surface area contributed by atoms with E-state index in [1.165, 1.54) is 68.9 Å². The third kappa shape index (κ3) is 3.83. The number of tetrazole rings is 1. The lowest BCUT2D eigenvalue weighted by Gasteiger charge is -2.32. The van der Waals surface area contributed by atoms with Crippen LogP contribution in [-0.2, 0) is 0 Å². The Hall–Kier alpha value is -1.75. The summed E-state index contributed by atoms with van der Waals surface area (Å²) in [6.07, 6.45) is 11.6. The molecule has 1 atom stereocenters. The van der Waals surface area contributed by atoms with E-state index in [-0.39, 0.29) is 6.04 Å². The molecular formula is C21H31N5. The Bertz CT molecular complexity index is 679. The van der Waals surface area contributed by atoms with E-state index in [1.54, 1.807) is 0 Å². The zero-order valence-corrected chi connectivity index (χ0v) is 16.0. The number of likely N-dealkylation sites (tertiary alicyclic amines) is 1. The number of hydrogen-bond donors (Lipinski definition) is 0. The number of rotatable bonds is 4. The van der Waals surface area contributed by atoms with Crippen LogP contribution in [0.4, 0.5) is 0 Å². The summed E-state index contributed by atoms with van der Waals surface area (Å²) < 4.78 is 2.16. The fourth-order valence-corrected chi connectivity index (χ4v) is 4.59. The molecule has 1 aromatic heterocycles. The highest BCUT2D eigenvalue weighted by Gasteiger charge is 2.30. The highest BCUT2D eigenvalue weighted by molar-refractivity contribution is 5.28. The molecule has 2 heterocycles. The second-order valence-electron chi connectivity index (χ2n) is 8.04. The Morgan fingerprint density at radius 2 is 1.54 bits per heavy atom. The first-order valence-electron chi connectivity index (χ1n) is 10.4. The van der Waals surface area contributed by atoms with E-state index in [9.17, 15) is 0 Å². The quantitative estimate of drug-likeness (QED) is 0.814. The minimum Gasteiger partial charge on any atom is -0.290 e. The fraction of sp³-hybridized carbons (Fsp3) is 0.667. The summed E-state index contributed by atoms with van der Waals surface area (Å²) in [5.41, 5.74) is 2.62. The van der Waals surface area contributed by atoms with Crippen molar-refractivity contribution in [3.8, 4) is 0 Å². The van der Waals surface area contributed by atoms with Crippen LogP contribution in [0.1, 0.15) is 86.8 Å². The summed E-state index contributed by atoms with van der Waals surface area (Å²) in [6, 6.07) is 9.61. The minimum atomic E-state index is 0.172. The van der Waals surface area contributed by atoms with Crippen molar-refractivity contribution in [3.05, 3.63) is 41.2 Å². The maximum Gasteiger partial charge on any atom is 0.173 e. The number of nitrogens with zero attached hydrogens (tertiary/aromatic N) is 5. The molecule has 5 nitrogen and oxygen atoms in total. The topological polar surface area (TPSA) is 46.8 Å². The van der Waals surface area contributed by atoms with Gasteiger partial charge in [0.1, 0.15) is 0 Å². The maximum absolute atomic E-state index is 4.56. The van der Waals surface area contributed by atoms with E-state index in [4.69, 9.17) is 0 Å². The highest BCUT2D eigenvalue weighted by atomic mass is 15.6. The molecule has 0 amide bonds. The van der Waals surface area contributed by atoms with Gasteiger partial charge in [-0.3, -0.25) is 4.90 Å². The second-order valence-corrected chi connectivity index (χ2v) is 8.04. The third-order valence-corrected chi connectivity index (χ3v) is 6.08. The first-order chi connectivity index (χ1) is 12.8. The Kier molecular flexibility index (Phi) is 5.63. The van der Waals surface area contributed by atoms with Gasteiger partial charge in [-0.25, -0.2) is 4.68 Å². The van der Waals surface area contributed by atoms with Crippen LogP contribution in [0.25, 0.3) is 0 Å². The van der Waals surface area contributed by atoms with Gasteiger partial charge in [0.05, 0.1) is 12.1 Å². The standard InChI is InChI=1S/C21H31N5/c1-17-11-13-18(14-12-17)20(25-15-7-2-3-8-16-25)21-22-23-24-26(21)19-9-5-4-6-10-19/h11-14,19-20H,2-10,15-16H2,1H3/t20-/m1/s1. The normalized spacial score (nSPS) is 21.4. The van der Waals surface area contributed by atoms with Crippen LogP contribution in [0.5, 0.6) is 0 Å². The van der Waals surface area contributed by atoms with Gasteiger partial charge < -0.3 is 0 Å². The van der Waals surface area contributed by atoms with Crippen molar-refractivity contribution in [2.45, 2.75) is 76.8 Å². The smallest absolute Gasteiger partial charge is 0.173 e. The molecule has 0 spiro atoms. The lowest BCUT2D eigenvalue weighted by atomic mass is 9.95. The Labute approximate surface area is 156 Å². The Morgan fingerprint density at radius 1 is 0.885 bits per heavy atom. The zero-order chi connectivity index (χ0) is 17.8. The van der Waals surface area contributed by atoms with Crippen molar-refractivity contribution in [2.75, 3.05) is 13.1 Å². The van der Waals surface area contributed by atoms with Crippen LogP contribution in [0, 0.1) is 6.92 Å². The molecule has 5 heteroatoms. The van der Waals surface area contributed by atoms with Gasteiger partial charge in [0.15, 0.2) is 5.82 Å². The zero-order valence-electron chi connectivity index (χ0n) is 16.0. The Balaban J connectivity index is 1.70. The predicted molar refractivity (Wildman–Crippen MR) is 103 cm³/mol. The van der Waals surface area contributed by atoms with E-state index in [2.05, 4.69) is 56.3 Å². The molecule has 1 saturated carbocycles. The average Bonchev–Trinajstić information content (AvgIpc) is 3.00. The molecule has 0 radical (unpaired) electrons. The largest absolute Gasteiger partial charge is 0.290 e. The van der Waals surface area contributed by atoms with Crippen molar-refractivity contribution >= 4 is 0 Å². The number of aryl methyl sites for hydroxylation is 1. The monoisotopic (exact) mass is 353 g/mol. The van der Waals surface area contributed by atoms with Crippen LogP contribution in [0.2, 0.25) is 0 Å². The summed E-state index contributed by atoms with van der Waals surface area (Å²) >= 11 is 0. The minimum absolute atomic E-state index is 0.172. The first kappa shape index (κ1) is 17.7. The third-order valence-electron chi connectivity index (χ3n) is 6.08. The van der Waals surface area contributed by atoms with Crippen molar-refractivity contribution in [1.82, 2.24) is 25.1 Å². The van der Waals surface area contributed by atoms with E-state index < -0.39 is 0 Å². The first-order valence-corrected chi connectivity index (χ1v) is 10.4. The maximum atomic E-state index is 4.56. The molecule has 1 aliphatic carbocycles. The van der Waals surface area contributed by atoms with E-state index in [0.29, 0.717) is 6.04 Å².